The first-order valence-corrected chi connectivity index (χ1v) is 8.23. The molecule has 2 aliphatic rings. The summed E-state index contributed by atoms with van der Waals surface area (Å²) in [5, 5.41) is 4.24. The van der Waals surface area contributed by atoms with Crippen molar-refractivity contribution < 1.29 is 14.4 Å². The van der Waals surface area contributed by atoms with Crippen molar-refractivity contribution in [2.45, 2.75) is 51.6 Å². The van der Waals surface area contributed by atoms with Crippen molar-refractivity contribution >= 4 is 29.1 Å². The van der Waals surface area contributed by atoms with Crippen molar-refractivity contribution in [3.05, 3.63) is 21.4 Å². The lowest BCUT2D eigenvalue weighted by atomic mass is 10.0. The van der Waals surface area contributed by atoms with Crippen molar-refractivity contribution in [1.29, 1.82) is 0 Å². The van der Waals surface area contributed by atoms with E-state index in [1.807, 2.05) is 5.38 Å². The minimum absolute atomic E-state index is 0.0708. The molecule has 21 heavy (non-hydrogen) atoms. The van der Waals surface area contributed by atoms with Crippen LogP contribution in [0, 0.1) is 0 Å². The summed E-state index contributed by atoms with van der Waals surface area (Å²) in [6, 6.07) is -0.508. The zero-order valence-corrected chi connectivity index (χ0v) is 12.8. The second-order valence-corrected chi connectivity index (χ2v) is 6.52. The maximum Gasteiger partial charge on any atom is 0.256 e. The minimum atomic E-state index is -0.508. The van der Waals surface area contributed by atoms with E-state index in [2.05, 4.69) is 12.2 Å². The molecule has 1 aromatic rings. The standard InChI is InChI=1S/C15H18N2O3S/c1-2-3-4-12-9-7-17(15(20)10(9)8-21-12)11-5-6-13(18)16-14(11)19/h8,11H,2-7H2,1H3,(H,16,18,19). The summed E-state index contributed by atoms with van der Waals surface area (Å²) in [6.45, 7) is 2.65. The van der Waals surface area contributed by atoms with Gasteiger partial charge in [0.25, 0.3) is 5.91 Å². The van der Waals surface area contributed by atoms with Crippen LogP contribution in [0.5, 0.6) is 0 Å². The van der Waals surface area contributed by atoms with Gasteiger partial charge in [-0.3, -0.25) is 19.7 Å². The number of hydrogen-bond donors (Lipinski definition) is 1. The number of imide groups is 1. The van der Waals surface area contributed by atoms with Crippen molar-refractivity contribution in [3.63, 3.8) is 0 Å². The predicted molar refractivity (Wildman–Crippen MR) is 79.0 cm³/mol. The summed E-state index contributed by atoms with van der Waals surface area (Å²) in [7, 11) is 0. The van der Waals surface area contributed by atoms with Gasteiger partial charge in [0.2, 0.25) is 11.8 Å². The number of carbonyl (C=O) groups is 3. The highest BCUT2D eigenvalue weighted by molar-refractivity contribution is 7.10. The smallest absolute Gasteiger partial charge is 0.256 e. The summed E-state index contributed by atoms with van der Waals surface area (Å²) in [5.41, 5.74) is 1.83. The first kappa shape index (κ1) is 14.3. The Bertz CT molecular complexity index is 608. The molecule has 3 heterocycles. The minimum Gasteiger partial charge on any atom is -0.322 e. The fraction of sp³-hybridized carbons (Fsp3) is 0.533. The normalized spacial score (nSPS) is 21.7. The molecular formula is C15H18N2O3S. The predicted octanol–water partition coefficient (Wildman–Crippen LogP) is 1.85. The Balaban J connectivity index is 1.78. The topological polar surface area (TPSA) is 66.5 Å². The van der Waals surface area contributed by atoms with Gasteiger partial charge in [0.05, 0.1) is 5.56 Å². The molecule has 112 valence electrons. The molecule has 1 aromatic heterocycles. The third kappa shape index (κ3) is 2.48. The zero-order chi connectivity index (χ0) is 15.0. The van der Waals surface area contributed by atoms with Gasteiger partial charge in [0, 0.05) is 23.2 Å². The number of rotatable bonds is 4. The molecule has 0 aromatic carbocycles. The lowest BCUT2D eigenvalue weighted by molar-refractivity contribution is -0.136. The Kier molecular flexibility index (Phi) is 3.80. The van der Waals surface area contributed by atoms with Gasteiger partial charge in [-0.05, 0) is 24.8 Å². The molecule has 6 heteroatoms. The third-order valence-corrected chi connectivity index (χ3v) is 5.23. The second-order valence-electron chi connectivity index (χ2n) is 5.55. The van der Waals surface area contributed by atoms with Gasteiger partial charge in [0.15, 0.2) is 0 Å². The highest BCUT2D eigenvalue weighted by Gasteiger charge is 2.40. The SMILES string of the molecule is CCCCc1scc2c1CN(C1CCC(=O)NC1=O)C2=O. The second kappa shape index (κ2) is 5.60. The summed E-state index contributed by atoms with van der Waals surface area (Å²) >= 11 is 1.64. The first-order valence-electron chi connectivity index (χ1n) is 7.35. The number of aryl methyl sites for hydroxylation is 1. The molecule has 0 bridgehead atoms. The summed E-state index contributed by atoms with van der Waals surface area (Å²) in [6.07, 6.45) is 3.95. The van der Waals surface area contributed by atoms with E-state index in [1.54, 1.807) is 16.2 Å². The fourth-order valence-corrected chi connectivity index (χ4v) is 4.03. The van der Waals surface area contributed by atoms with E-state index in [-0.39, 0.29) is 17.7 Å². The Labute approximate surface area is 127 Å². The van der Waals surface area contributed by atoms with Crippen LogP contribution in [0.4, 0.5) is 0 Å². The number of thiophene rings is 1. The maximum absolute atomic E-state index is 12.5. The van der Waals surface area contributed by atoms with Crippen LogP contribution >= 0.6 is 11.3 Å². The number of nitrogens with one attached hydrogen (secondary N) is 1. The zero-order valence-electron chi connectivity index (χ0n) is 12.0. The molecule has 5 nitrogen and oxygen atoms in total. The van der Waals surface area contributed by atoms with E-state index >= 15 is 0 Å². The van der Waals surface area contributed by atoms with Gasteiger partial charge < -0.3 is 4.90 Å². The van der Waals surface area contributed by atoms with Crippen LogP contribution in [0.1, 0.15) is 53.4 Å². The van der Waals surface area contributed by atoms with E-state index < -0.39 is 6.04 Å². The van der Waals surface area contributed by atoms with E-state index in [1.165, 1.54) is 4.88 Å². The lowest BCUT2D eigenvalue weighted by Gasteiger charge is -2.29. The van der Waals surface area contributed by atoms with E-state index in [0.717, 1.165) is 30.4 Å². The van der Waals surface area contributed by atoms with E-state index in [0.29, 0.717) is 19.4 Å². The first-order chi connectivity index (χ1) is 10.1. The Morgan fingerprint density at radius 1 is 1.38 bits per heavy atom. The maximum atomic E-state index is 12.5. The molecule has 2 aliphatic heterocycles. The molecular weight excluding hydrogens is 288 g/mol. The Morgan fingerprint density at radius 2 is 2.19 bits per heavy atom. The summed E-state index contributed by atoms with van der Waals surface area (Å²) in [4.78, 5) is 38.5. The molecule has 0 radical (unpaired) electrons. The number of amides is 3. The lowest BCUT2D eigenvalue weighted by Crippen LogP contribution is -2.52. The molecule has 1 atom stereocenters. The van der Waals surface area contributed by atoms with Gasteiger partial charge in [0.1, 0.15) is 6.04 Å². The molecule has 1 N–H and O–H groups in total. The summed E-state index contributed by atoms with van der Waals surface area (Å²) in [5.74, 6) is -0.664. The molecule has 3 rings (SSSR count). The van der Waals surface area contributed by atoms with Crippen LogP contribution in [-0.2, 0) is 22.6 Å². The number of piperidine rings is 1. The van der Waals surface area contributed by atoms with Crippen LogP contribution in [0.15, 0.2) is 5.38 Å². The van der Waals surface area contributed by atoms with E-state index in [4.69, 9.17) is 0 Å². The number of hydrogen-bond acceptors (Lipinski definition) is 4. The third-order valence-electron chi connectivity index (χ3n) is 4.14. The Hall–Kier alpha value is -1.69. The number of nitrogens with zero attached hydrogens (tertiary/aromatic N) is 1. The molecule has 1 saturated heterocycles. The average Bonchev–Trinajstić information content (AvgIpc) is 2.98. The fourth-order valence-electron chi connectivity index (χ4n) is 2.95. The van der Waals surface area contributed by atoms with Crippen molar-refractivity contribution in [3.8, 4) is 0 Å². The van der Waals surface area contributed by atoms with Gasteiger partial charge in [-0.25, -0.2) is 0 Å². The molecule has 0 saturated carbocycles. The van der Waals surface area contributed by atoms with Gasteiger partial charge in [-0.15, -0.1) is 11.3 Å². The molecule has 1 fully saturated rings. The number of fused-ring (bicyclic) bond motifs is 1. The van der Waals surface area contributed by atoms with Crippen LogP contribution in [0.3, 0.4) is 0 Å². The highest BCUT2D eigenvalue weighted by Crippen LogP contribution is 2.34. The van der Waals surface area contributed by atoms with Gasteiger partial charge in [-0.2, -0.15) is 0 Å². The number of unbranched alkanes of at least 4 members (excludes halogenated alkanes) is 1. The van der Waals surface area contributed by atoms with Gasteiger partial charge in [-0.1, -0.05) is 13.3 Å². The highest BCUT2D eigenvalue weighted by atomic mass is 32.1. The van der Waals surface area contributed by atoms with Crippen molar-refractivity contribution in [2.24, 2.45) is 0 Å². The average molecular weight is 306 g/mol. The summed E-state index contributed by atoms with van der Waals surface area (Å²) < 4.78 is 0. The largest absolute Gasteiger partial charge is 0.322 e. The monoisotopic (exact) mass is 306 g/mol. The van der Waals surface area contributed by atoms with Crippen molar-refractivity contribution in [1.82, 2.24) is 10.2 Å². The van der Waals surface area contributed by atoms with Crippen LogP contribution < -0.4 is 5.32 Å². The molecule has 0 aliphatic carbocycles. The number of carbonyl (C=O) groups excluding carboxylic acids is 3. The quantitative estimate of drug-likeness (QED) is 0.863. The van der Waals surface area contributed by atoms with Crippen LogP contribution in [-0.4, -0.2) is 28.7 Å². The van der Waals surface area contributed by atoms with Crippen molar-refractivity contribution in [2.75, 3.05) is 0 Å². The Morgan fingerprint density at radius 3 is 2.90 bits per heavy atom. The van der Waals surface area contributed by atoms with Crippen LogP contribution in [0.25, 0.3) is 0 Å². The molecule has 3 amide bonds. The molecule has 1 unspecified atom stereocenters. The van der Waals surface area contributed by atoms with E-state index in [9.17, 15) is 14.4 Å². The molecule has 0 spiro atoms. The van der Waals surface area contributed by atoms with Crippen LogP contribution in [0.2, 0.25) is 0 Å². The van der Waals surface area contributed by atoms with Gasteiger partial charge >= 0.3 is 0 Å².